The van der Waals surface area contributed by atoms with E-state index in [2.05, 4.69) is 5.32 Å². The predicted molar refractivity (Wildman–Crippen MR) is 53.3 cm³/mol. The lowest BCUT2D eigenvalue weighted by Crippen LogP contribution is -2.42. The Morgan fingerprint density at radius 1 is 1.33 bits per heavy atom. The molecule has 2 fully saturated rings. The minimum Gasteiger partial charge on any atom is -0.481 e. The highest BCUT2D eigenvalue weighted by Gasteiger charge is 2.34. The van der Waals surface area contributed by atoms with E-state index in [4.69, 9.17) is 5.11 Å². The molecule has 1 unspecified atom stereocenters. The monoisotopic (exact) mass is 212 g/mol. The largest absolute Gasteiger partial charge is 0.481 e. The minimum absolute atomic E-state index is 0.0717. The number of carbonyl (C=O) groups excluding carboxylic acids is 1. The van der Waals surface area contributed by atoms with Crippen molar-refractivity contribution in [2.24, 2.45) is 5.92 Å². The maximum absolute atomic E-state index is 11.9. The zero-order chi connectivity index (χ0) is 10.8. The Morgan fingerprint density at radius 3 is 2.67 bits per heavy atom. The average Bonchev–Trinajstić information content (AvgIpc) is 2.88. The molecule has 0 radical (unpaired) electrons. The molecule has 0 saturated carbocycles. The standard InChI is InChI=1S/C10H16N2O3/c13-9(8-2-1-4-11-8)12-5-3-7(6-12)10(14)15/h7-8,11H,1-6H2,(H,14,15)/t7?,8-/m0/s1. The van der Waals surface area contributed by atoms with Gasteiger partial charge in [0.25, 0.3) is 0 Å². The number of amides is 1. The van der Waals surface area contributed by atoms with Crippen LogP contribution < -0.4 is 5.32 Å². The Kier molecular flexibility index (Phi) is 2.90. The van der Waals surface area contributed by atoms with Gasteiger partial charge in [-0.05, 0) is 25.8 Å². The van der Waals surface area contributed by atoms with Gasteiger partial charge in [-0.25, -0.2) is 0 Å². The van der Waals surface area contributed by atoms with E-state index < -0.39 is 5.97 Å². The fraction of sp³-hybridized carbons (Fsp3) is 0.800. The van der Waals surface area contributed by atoms with Crippen LogP contribution in [0.4, 0.5) is 0 Å². The van der Waals surface area contributed by atoms with Gasteiger partial charge in [0.2, 0.25) is 5.91 Å². The van der Waals surface area contributed by atoms with Crippen LogP contribution in [0.25, 0.3) is 0 Å². The van der Waals surface area contributed by atoms with E-state index in [9.17, 15) is 9.59 Å². The summed E-state index contributed by atoms with van der Waals surface area (Å²) in [5.74, 6) is -1.07. The Morgan fingerprint density at radius 2 is 2.13 bits per heavy atom. The van der Waals surface area contributed by atoms with Gasteiger partial charge in [0.1, 0.15) is 0 Å². The summed E-state index contributed by atoms with van der Waals surface area (Å²) >= 11 is 0. The first-order valence-corrected chi connectivity index (χ1v) is 5.43. The van der Waals surface area contributed by atoms with Crippen molar-refractivity contribution < 1.29 is 14.7 Å². The topological polar surface area (TPSA) is 69.6 Å². The number of carboxylic acids is 1. The van der Waals surface area contributed by atoms with Crippen LogP contribution in [0.2, 0.25) is 0 Å². The van der Waals surface area contributed by atoms with Gasteiger partial charge >= 0.3 is 5.97 Å². The molecular formula is C10H16N2O3. The van der Waals surface area contributed by atoms with E-state index in [0.29, 0.717) is 19.5 Å². The van der Waals surface area contributed by atoms with E-state index in [1.54, 1.807) is 4.90 Å². The van der Waals surface area contributed by atoms with Crippen LogP contribution in [0.15, 0.2) is 0 Å². The molecule has 0 aromatic heterocycles. The third-order valence-electron chi connectivity index (χ3n) is 3.21. The van der Waals surface area contributed by atoms with Crippen LogP contribution >= 0.6 is 0 Å². The molecule has 2 N–H and O–H groups in total. The van der Waals surface area contributed by atoms with E-state index in [1.807, 2.05) is 0 Å². The van der Waals surface area contributed by atoms with E-state index in [-0.39, 0.29) is 17.9 Å². The van der Waals surface area contributed by atoms with Crippen LogP contribution in [0.3, 0.4) is 0 Å². The van der Waals surface area contributed by atoms with Gasteiger partial charge in [0, 0.05) is 13.1 Å². The van der Waals surface area contributed by atoms with Crippen molar-refractivity contribution in [3.05, 3.63) is 0 Å². The molecule has 5 heteroatoms. The molecule has 0 aliphatic carbocycles. The summed E-state index contributed by atoms with van der Waals surface area (Å²) in [7, 11) is 0. The zero-order valence-electron chi connectivity index (χ0n) is 8.61. The normalized spacial score (nSPS) is 30.8. The Balaban J connectivity index is 1.89. The maximum atomic E-state index is 11.9. The molecule has 2 aliphatic rings. The molecule has 2 rings (SSSR count). The van der Waals surface area contributed by atoms with Crippen molar-refractivity contribution in [3.8, 4) is 0 Å². The van der Waals surface area contributed by atoms with Crippen LogP contribution in [-0.4, -0.2) is 47.6 Å². The molecule has 2 saturated heterocycles. The Labute approximate surface area is 88.4 Å². The first kappa shape index (κ1) is 10.4. The number of nitrogens with one attached hydrogen (secondary N) is 1. The number of carboxylic acid groups (broad SMARTS) is 1. The number of nitrogens with zero attached hydrogens (tertiary/aromatic N) is 1. The van der Waals surface area contributed by atoms with Crippen LogP contribution in [0.1, 0.15) is 19.3 Å². The highest BCUT2D eigenvalue weighted by Crippen LogP contribution is 2.19. The lowest BCUT2D eigenvalue weighted by atomic mass is 10.1. The summed E-state index contributed by atoms with van der Waals surface area (Å²) in [4.78, 5) is 24.3. The molecule has 1 amide bonds. The number of likely N-dealkylation sites (tertiary alicyclic amines) is 1. The lowest BCUT2D eigenvalue weighted by Gasteiger charge is -2.20. The van der Waals surface area contributed by atoms with Crippen LogP contribution in [0, 0.1) is 5.92 Å². The molecule has 2 aliphatic heterocycles. The number of carbonyl (C=O) groups is 2. The molecule has 0 aromatic carbocycles. The summed E-state index contributed by atoms with van der Waals surface area (Å²) in [6.07, 6.45) is 2.51. The van der Waals surface area contributed by atoms with Gasteiger partial charge < -0.3 is 15.3 Å². The fourth-order valence-electron chi connectivity index (χ4n) is 2.28. The second kappa shape index (κ2) is 4.18. The molecule has 2 atom stereocenters. The molecule has 0 bridgehead atoms. The molecule has 0 aromatic rings. The summed E-state index contributed by atoms with van der Waals surface area (Å²) in [5, 5.41) is 12.0. The Hall–Kier alpha value is -1.10. The van der Waals surface area contributed by atoms with Crippen molar-refractivity contribution in [3.63, 3.8) is 0 Å². The second-order valence-electron chi connectivity index (χ2n) is 4.26. The van der Waals surface area contributed by atoms with E-state index >= 15 is 0 Å². The molecule has 84 valence electrons. The van der Waals surface area contributed by atoms with Crippen molar-refractivity contribution in [2.75, 3.05) is 19.6 Å². The van der Waals surface area contributed by atoms with Gasteiger partial charge in [-0.3, -0.25) is 9.59 Å². The molecule has 2 heterocycles. The number of rotatable bonds is 2. The fourth-order valence-corrected chi connectivity index (χ4v) is 2.28. The summed E-state index contributed by atoms with van der Waals surface area (Å²) in [6.45, 7) is 1.87. The van der Waals surface area contributed by atoms with Crippen molar-refractivity contribution in [2.45, 2.75) is 25.3 Å². The number of hydrogen-bond acceptors (Lipinski definition) is 3. The lowest BCUT2D eigenvalue weighted by molar-refractivity contribution is -0.141. The first-order valence-electron chi connectivity index (χ1n) is 5.43. The Bertz CT molecular complexity index is 274. The van der Waals surface area contributed by atoms with Crippen LogP contribution in [-0.2, 0) is 9.59 Å². The summed E-state index contributed by atoms with van der Waals surface area (Å²) in [5.41, 5.74) is 0. The molecule has 0 spiro atoms. The first-order chi connectivity index (χ1) is 7.18. The van der Waals surface area contributed by atoms with E-state index in [1.165, 1.54) is 0 Å². The minimum atomic E-state index is -0.787. The van der Waals surface area contributed by atoms with Gasteiger partial charge in [0.05, 0.1) is 12.0 Å². The highest BCUT2D eigenvalue weighted by atomic mass is 16.4. The van der Waals surface area contributed by atoms with Gasteiger partial charge in [-0.2, -0.15) is 0 Å². The number of hydrogen-bond donors (Lipinski definition) is 2. The smallest absolute Gasteiger partial charge is 0.308 e. The SMILES string of the molecule is O=C(O)C1CCN(C(=O)[C@@H]2CCCN2)C1. The molecule has 5 nitrogen and oxygen atoms in total. The third-order valence-corrected chi connectivity index (χ3v) is 3.21. The van der Waals surface area contributed by atoms with E-state index in [0.717, 1.165) is 19.4 Å². The zero-order valence-corrected chi connectivity index (χ0v) is 8.61. The predicted octanol–water partition coefficient (Wildman–Crippen LogP) is -0.329. The summed E-state index contributed by atoms with van der Waals surface area (Å²) < 4.78 is 0. The van der Waals surface area contributed by atoms with Crippen molar-refractivity contribution in [1.29, 1.82) is 0 Å². The van der Waals surface area contributed by atoms with Gasteiger partial charge in [-0.1, -0.05) is 0 Å². The van der Waals surface area contributed by atoms with Crippen LogP contribution in [0.5, 0.6) is 0 Å². The van der Waals surface area contributed by atoms with Gasteiger partial charge in [0.15, 0.2) is 0 Å². The summed E-state index contributed by atoms with van der Waals surface area (Å²) in [6, 6.07) is -0.0717. The maximum Gasteiger partial charge on any atom is 0.308 e. The van der Waals surface area contributed by atoms with Gasteiger partial charge in [-0.15, -0.1) is 0 Å². The number of aliphatic carboxylic acids is 1. The average molecular weight is 212 g/mol. The van der Waals surface area contributed by atoms with Crippen molar-refractivity contribution in [1.82, 2.24) is 10.2 Å². The third kappa shape index (κ3) is 2.12. The van der Waals surface area contributed by atoms with Crippen molar-refractivity contribution >= 4 is 11.9 Å². The molecular weight excluding hydrogens is 196 g/mol. The molecule has 15 heavy (non-hydrogen) atoms. The quantitative estimate of drug-likeness (QED) is 0.657. The second-order valence-corrected chi connectivity index (χ2v) is 4.26. The highest BCUT2D eigenvalue weighted by molar-refractivity contribution is 5.83.